The second-order valence-corrected chi connectivity index (χ2v) is 31.5. The summed E-state index contributed by atoms with van der Waals surface area (Å²) in [4.78, 5) is 72.7. The third-order valence-electron chi connectivity index (χ3n) is 18.0. The maximum atomic E-state index is 13.1. The molecule has 0 saturated carbocycles. The molecule has 0 rings (SSSR count). The van der Waals surface area contributed by atoms with Crippen LogP contribution in [0.25, 0.3) is 0 Å². The fourth-order valence-corrected chi connectivity index (χ4v) is 13.1. The van der Waals surface area contributed by atoms with Crippen LogP contribution in [0.5, 0.6) is 0 Å². The Hall–Kier alpha value is -1.94. The summed E-state index contributed by atoms with van der Waals surface area (Å²) in [5.41, 5.74) is 0. The van der Waals surface area contributed by atoms with E-state index in [0.717, 1.165) is 108 Å². The van der Waals surface area contributed by atoms with Crippen LogP contribution in [0.1, 0.15) is 389 Å². The molecular weight excluding hydrogens is 1250 g/mol. The maximum absolute atomic E-state index is 13.1. The molecule has 0 aromatic rings. The summed E-state index contributed by atoms with van der Waals surface area (Å²) in [6.45, 7) is 11.9. The smallest absolute Gasteiger partial charge is 0.462 e. The van der Waals surface area contributed by atoms with Gasteiger partial charge in [0, 0.05) is 25.7 Å². The molecule has 0 aliphatic rings. The SMILES string of the molecule is CCCCCCCCCCCCC(=O)OC[C@H](COP(=O)(O)OC[C@H](O)COP(=O)(O)OC[C@@H](COC(=O)CCCCCCCCCCCC(C)C)OC(=O)CCCCCCCCCCCCCCCCCCCCC(C)CC)OC(=O)CCCCCCCCCCC(C)C. The minimum Gasteiger partial charge on any atom is -0.462 e. The maximum Gasteiger partial charge on any atom is 0.472 e. The summed E-state index contributed by atoms with van der Waals surface area (Å²) in [5, 5.41) is 10.6. The molecule has 6 atom stereocenters. The second-order valence-electron chi connectivity index (χ2n) is 28.6. The highest BCUT2D eigenvalue weighted by Crippen LogP contribution is 2.45. The third kappa shape index (κ3) is 69.0. The molecule has 3 N–H and O–H groups in total. The summed E-state index contributed by atoms with van der Waals surface area (Å²) in [7, 11) is -9.91. The van der Waals surface area contributed by atoms with E-state index in [1.54, 1.807) is 0 Å². The largest absolute Gasteiger partial charge is 0.472 e. The molecule has 19 heteroatoms. The Kier molecular flexibility index (Phi) is 65.2. The molecule has 0 aliphatic carbocycles. The summed E-state index contributed by atoms with van der Waals surface area (Å²) in [5.74, 6) is 0.212. The van der Waals surface area contributed by atoms with E-state index in [-0.39, 0.29) is 25.7 Å². The van der Waals surface area contributed by atoms with Gasteiger partial charge in [-0.1, -0.05) is 337 Å². The van der Waals surface area contributed by atoms with Gasteiger partial charge in [-0.3, -0.25) is 37.3 Å². The van der Waals surface area contributed by atoms with E-state index in [9.17, 15) is 43.2 Å². The summed E-state index contributed by atoms with van der Waals surface area (Å²) < 4.78 is 68.4. The highest BCUT2D eigenvalue weighted by molar-refractivity contribution is 7.47. The van der Waals surface area contributed by atoms with Crippen molar-refractivity contribution in [1.29, 1.82) is 0 Å². The Labute approximate surface area is 581 Å². The Morgan fingerprint density at radius 3 is 0.800 bits per heavy atom. The van der Waals surface area contributed by atoms with Gasteiger partial charge in [-0.15, -0.1) is 0 Å². The first-order valence-electron chi connectivity index (χ1n) is 39.4. The minimum atomic E-state index is -4.96. The highest BCUT2D eigenvalue weighted by atomic mass is 31.2. The van der Waals surface area contributed by atoms with Crippen molar-refractivity contribution in [3.05, 3.63) is 0 Å². The molecular formula is C76H148O17P2. The number of aliphatic hydroxyl groups is 1. The molecule has 17 nitrogen and oxygen atoms in total. The Bertz CT molecular complexity index is 1850. The van der Waals surface area contributed by atoms with Gasteiger partial charge in [0.1, 0.15) is 19.3 Å². The molecule has 0 fully saturated rings. The number of rotatable bonds is 74. The first kappa shape index (κ1) is 93.1. The molecule has 0 aromatic carbocycles. The molecule has 0 heterocycles. The number of aliphatic hydroxyl groups excluding tert-OH is 1. The number of carbonyl (C=O) groups is 4. The van der Waals surface area contributed by atoms with E-state index < -0.39 is 97.5 Å². The van der Waals surface area contributed by atoms with Crippen molar-refractivity contribution in [2.24, 2.45) is 17.8 Å². The van der Waals surface area contributed by atoms with Gasteiger partial charge in [-0.25, -0.2) is 9.13 Å². The molecule has 0 saturated heterocycles. The van der Waals surface area contributed by atoms with Gasteiger partial charge in [0.25, 0.3) is 0 Å². The van der Waals surface area contributed by atoms with Crippen LogP contribution in [0, 0.1) is 17.8 Å². The first-order chi connectivity index (χ1) is 45.8. The summed E-state index contributed by atoms with van der Waals surface area (Å²) in [6.07, 6.45) is 52.8. The lowest BCUT2D eigenvalue weighted by atomic mass is 9.99. The van der Waals surface area contributed by atoms with Crippen LogP contribution >= 0.6 is 15.6 Å². The molecule has 0 amide bonds. The molecule has 0 bridgehead atoms. The molecule has 0 spiro atoms. The topological polar surface area (TPSA) is 237 Å². The van der Waals surface area contributed by atoms with Crippen LogP contribution in [0.15, 0.2) is 0 Å². The van der Waals surface area contributed by atoms with Crippen molar-refractivity contribution >= 4 is 39.5 Å². The first-order valence-corrected chi connectivity index (χ1v) is 42.4. The van der Waals surface area contributed by atoms with E-state index in [1.165, 1.54) is 199 Å². The number of unbranched alkanes of at least 4 members (excludes halogenated alkanes) is 41. The molecule has 0 aromatic heterocycles. The van der Waals surface area contributed by atoms with Crippen LogP contribution < -0.4 is 0 Å². The molecule has 95 heavy (non-hydrogen) atoms. The van der Waals surface area contributed by atoms with Crippen LogP contribution in [-0.2, 0) is 65.4 Å². The normalized spacial score (nSPS) is 14.4. The van der Waals surface area contributed by atoms with Gasteiger partial charge >= 0.3 is 39.5 Å². The number of ether oxygens (including phenoxy) is 4. The van der Waals surface area contributed by atoms with Crippen molar-refractivity contribution in [2.75, 3.05) is 39.6 Å². The van der Waals surface area contributed by atoms with Crippen molar-refractivity contribution in [2.45, 2.75) is 407 Å². The van der Waals surface area contributed by atoms with E-state index in [1.807, 2.05) is 0 Å². The summed E-state index contributed by atoms with van der Waals surface area (Å²) in [6, 6.07) is 0. The van der Waals surface area contributed by atoms with Gasteiger partial charge in [0.2, 0.25) is 0 Å². The number of hydrogen-bond acceptors (Lipinski definition) is 15. The van der Waals surface area contributed by atoms with Crippen LogP contribution in [0.2, 0.25) is 0 Å². The number of esters is 4. The number of phosphoric acid groups is 2. The summed E-state index contributed by atoms with van der Waals surface area (Å²) >= 11 is 0. The van der Waals surface area contributed by atoms with Crippen molar-refractivity contribution in [3.63, 3.8) is 0 Å². The number of hydrogen-bond donors (Lipinski definition) is 3. The van der Waals surface area contributed by atoms with Crippen molar-refractivity contribution in [3.8, 4) is 0 Å². The van der Waals surface area contributed by atoms with Gasteiger partial charge in [-0.05, 0) is 43.4 Å². The van der Waals surface area contributed by atoms with Gasteiger partial charge in [0.15, 0.2) is 12.2 Å². The minimum absolute atomic E-state index is 0.104. The van der Waals surface area contributed by atoms with Crippen LogP contribution in [0.4, 0.5) is 0 Å². The van der Waals surface area contributed by atoms with E-state index in [4.69, 9.17) is 37.0 Å². The average molecular weight is 1400 g/mol. The fourth-order valence-electron chi connectivity index (χ4n) is 11.6. The lowest BCUT2D eigenvalue weighted by Gasteiger charge is -2.21. The van der Waals surface area contributed by atoms with Gasteiger partial charge in [-0.2, -0.15) is 0 Å². The Morgan fingerprint density at radius 2 is 0.537 bits per heavy atom. The standard InChI is InChI=1S/C76H148O17P2/c1-8-10-11-12-13-14-28-36-43-50-57-73(78)86-64-72(93-76(81)60-53-46-39-32-31-34-41-48-55-68(5)6)66-91-95(84,85)89-62-70(77)61-88-94(82,83)90-65-71(63-87-74(79)58-51-44-37-30-25-26-33-40-47-54-67(3)4)92-75(80)59-52-45-38-29-24-22-20-18-16-15-17-19-21-23-27-35-42-49-56-69(7)9-2/h67-72,77H,8-66H2,1-7H3,(H,82,83)(H,84,85)/t69?,70-,71-,72-/m1/s1. The predicted octanol–water partition coefficient (Wildman–Crippen LogP) is 22.2. The average Bonchev–Trinajstić information content (AvgIpc) is 1.76. The fraction of sp³-hybridized carbons (Fsp3) is 0.947. The van der Waals surface area contributed by atoms with E-state index in [2.05, 4.69) is 48.5 Å². The van der Waals surface area contributed by atoms with Crippen molar-refractivity contribution < 1.29 is 80.2 Å². The number of carbonyl (C=O) groups excluding carboxylic acids is 4. The number of phosphoric ester groups is 2. The third-order valence-corrected chi connectivity index (χ3v) is 19.9. The van der Waals surface area contributed by atoms with E-state index >= 15 is 0 Å². The van der Waals surface area contributed by atoms with E-state index in [0.29, 0.717) is 25.7 Å². The van der Waals surface area contributed by atoms with Crippen LogP contribution in [0.3, 0.4) is 0 Å². The zero-order valence-electron chi connectivity index (χ0n) is 62.1. The van der Waals surface area contributed by atoms with Gasteiger partial charge in [0.05, 0.1) is 26.4 Å². The van der Waals surface area contributed by atoms with Gasteiger partial charge < -0.3 is 33.8 Å². The lowest BCUT2D eigenvalue weighted by Crippen LogP contribution is -2.30. The zero-order valence-corrected chi connectivity index (χ0v) is 63.9. The predicted molar refractivity (Wildman–Crippen MR) is 386 cm³/mol. The second kappa shape index (κ2) is 66.6. The quantitative estimate of drug-likeness (QED) is 0.0222. The van der Waals surface area contributed by atoms with Crippen LogP contribution in [-0.4, -0.2) is 96.7 Å². The molecule has 3 unspecified atom stereocenters. The Balaban J connectivity index is 5.17. The monoisotopic (exact) mass is 1400 g/mol. The molecule has 0 radical (unpaired) electrons. The lowest BCUT2D eigenvalue weighted by molar-refractivity contribution is -0.161. The molecule has 0 aliphatic heterocycles. The Morgan fingerprint density at radius 1 is 0.305 bits per heavy atom. The zero-order chi connectivity index (χ0) is 70.1. The van der Waals surface area contributed by atoms with Crippen molar-refractivity contribution in [1.82, 2.24) is 0 Å². The molecule has 564 valence electrons. The highest BCUT2D eigenvalue weighted by Gasteiger charge is 2.30.